The lowest BCUT2D eigenvalue weighted by Crippen LogP contribution is -1.81. The highest BCUT2D eigenvalue weighted by Crippen LogP contribution is 2.25. The maximum atomic E-state index is 13.2. The van der Waals surface area contributed by atoms with E-state index in [-0.39, 0.29) is 11.1 Å². The number of aromatic nitrogens is 2. The summed E-state index contributed by atoms with van der Waals surface area (Å²) in [6.07, 6.45) is 0. The average Bonchev–Trinajstić information content (AvgIpc) is 2.53. The average molecular weight is 215 g/mol. The molecule has 2 nitrogen and oxygen atoms in total. The molecule has 0 saturated carbocycles. The van der Waals surface area contributed by atoms with Crippen LogP contribution < -0.4 is 0 Å². The summed E-state index contributed by atoms with van der Waals surface area (Å²) in [4.78, 5) is 3.87. The molecule has 66 valence electrons. The Labute approximate surface area is 83.2 Å². The van der Waals surface area contributed by atoms with Crippen molar-refractivity contribution in [3.8, 4) is 10.6 Å². The first-order valence-electron chi connectivity index (χ1n) is 3.51. The van der Waals surface area contributed by atoms with Crippen LogP contribution in [-0.2, 0) is 0 Å². The van der Waals surface area contributed by atoms with Gasteiger partial charge in [-0.1, -0.05) is 12.1 Å². The fourth-order valence-corrected chi connectivity index (χ4v) is 1.78. The molecule has 0 saturated heterocycles. The minimum absolute atomic E-state index is 0.156. The van der Waals surface area contributed by atoms with Crippen molar-refractivity contribution in [1.29, 1.82) is 0 Å². The van der Waals surface area contributed by atoms with Crippen molar-refractivity contribution < 1.29 is 4.39 Å². The Kier molecular flexibility index (Phi) is 2.24. The third-order valence-electron chi connectivity index (χ3n) is 1.51. The van der Waals surface area contributed by atoms with E-state index in [1.54, 1.807) is 18.2 Å². The molecule has 1 aromatic carbocycles. The van der Waals surface area contributed by atoms with Crippen LogP contribution in [0.1, 0.15) is 0 Å². The summed E-state index contributed by atoms with van der Waals surface area (Å²) in [5.74, 6) is -0.310. The predicted octanol–water partition coefficient (Wildman–Crippen LogP) is 3.00. The van der Waals surface area contributed by atoms with E-state index in [1.165, 1.54) is 6.07 Å². The van der Waals surface area contributed by atoms with Crippen LogP contribution in [0.5, 0.6) is 0 Å². The lowest BCUT2D eigenvalue weighted by molar-refractivity contribution is 0.631. The molecule has 2 aromatic rings. The van der Waals surface area contributed by atoms with Crippen LogP contribution in [0.3, 0.4) is 0 Å². The van der Waals surface area contributed by atoms with Crippen LogP contribution in [0.25, 0.3) is 10.6 Å². The second-order valence-electron chi connectivity index (χ2n) is 2.35. The van der Waals surface area contributed by atoms with Gasteiger partial charge >= 0.3 is 0 Å². The van der Waals surface area contributed by atoms with Gasteiger partial charge in [0.2, 0.25) is 5.28 Å². The van der Waals surface area contributed by atoms with Gasteiger partial charge in [-0.25, -0.2) is 9.37 Å². The number of halogens is 2. The molecule has 1 heterocycles. The topological polar surface area (TPSA) is 25.8 Å². The maximum absolute atomic E-state index is 13.2. The Morgan fingerprint density at radius 3 is 2.69 bits per heavy atom. The van der Waals surface area contributed by atoms with Crippen LogP contribution in [0.2, 0.25) is 5.28 Å². The molecule has 0 radical (unpaired) electrons. The van der Waals surface area contributed by atoms with Crippen LogP contribution in [0.4, 0.5) is 4.39 Å². The Morgan fingerprint density at radius 1 is 1.31 bits per heavy atom. The molecule has 0 aliphatic heterocycles. The second-order valence-corrected chi connectivity index (χ2v) is 3.44. The van der Waals surface area contributed by atoms with Gasteiger partial charge in [0, 0.05) is 5.56 Å². The highest BCUT2D eigenvalue weighted by molar-refractivity contribution is 7.09. The van der Waals surface area contributed by atoms with Gasteiger partial charge in [0.15, 0.2) is 0 Å². The zero-order chi connectivity index (χ0) is 9.26. The van der Waals surface area contributed by atoms with Crippen molar-refractivity contribution in [1.82, 2.24) is 9.36 Å². The minimum atomic E-state index is -0.310. The van der Waals surface area contributed by atoms with Crippen molar-refractivity contribution in [3.63, 3.8) is 0 Å². The monoisotopic (exact) mass is 214 g/mol. The van der Waals surface area contributed by atoms with Crippen molar-refractivity contribution >= 4 is 23.1 Å². The standard InChI is InChI=1S/C8H4ClFN2S/c9-8-11-7(13-12-8)5-3-1-2-4-6(5)10/h1-4H. The number of benzene rings is 1. The highest BCUT2D eigenvalue weighted by atomic mass is 35.5. The maximum Gasteiger partial charge on any atom is 0.234 e. The molecule has 5 heteroatoms. The number of hydrogen-bond acceptors (Lipinski definition) is 3. The predicted molar refractivity (Wildman–Crippen MR) is 50.3 cm³/mol. The molecule has 0 unspecified atom stereocenters. The van der Waals surface area contributed by atoms with E-state index in [0.29, 0.717) is 10.6 Å². The quantitative estimate of drug-likeness (QED) is 0.729. The van der Waals surface area contributed by atoms with Gasteiger partial charge in [-0.3, -0.25) is 0 Å². The molecule has 2 rings (SSSR count). The Bertz CT molecular complexity index is 430. The highest BCUT2D eigenvalue weighted by Gasteiger charge is 2.08. The molecule has 0 fully saturated rings. The normalized spacial score (nSPS) is 10.3. The third kappa shape index (κ3) is 1.68. The van der Waals surface area contributed by atoms with Gasteiger partial charge in [-0.05, 0) is 35.3 Å². The molecule has 0 spiro atoms. The molecule has 0 N–H and O–H groups in total. The first-order chi connectivity index (χ1) is 6.27. The van der Waals surface area contributed by atoms with E-state index in [1.807, 2.05) is 0 Å². The molecular weight excluding hydrogens is 211 g/mol. The van der Waals surface area contributed by atoms with Gasteiger partial charge in [0.25, 0.3) is 0 Å². The van der Waals surface area contributed by atoms with Crippen LogP contribution in [0, 0.1) is 5.82 Å². The zero-order valence-electron chi connectivity index (χ0n) is 6.37. The number of hydrogen-bond donors (Lipinski definition) is 0. The number of rotatable bonds is 1. The summed E-state index contributed by atoms with van der Waals surface area (Å²) in [6, 6.07) is 6.39. The summed E-state index contributed by atoms with van der Waals surface area (Å²) in [6.45, 7) is 0. The van der Waals surface area contributed by atoms with E-state index in [4.69, 9.17) is 11.6 Å². The van der Waals surface area contributed by atoms with E-state index < -0.39 is 0 Å². The van der Waals surface area contributed by atoms with E-state index >= 15 is 0 Å². The molecular formula is C8H4ClFN2S. The third-order valence-corrected chi connectivity index (χ3v) is 2.52. The lowest BCUT2D eigenvalue weighted by atomic mass is 10.2. The Morgan fingerprint density at radius 2 is 2.08 bits per heavy atom. The van der Waals surface area contributed by atoms with Gasteiger partial charge in [-0.15, -0.1) is 0 Å². The largest absolute Gasteiger partial charge is 0.234 e. The SMILES string of the molecule is Fc1ccccc1-c1nc(Cl)ns1. The van der Waals surface area contributed by atoms with Crippen LogP contribution in [-0.4, -0.2) is 9.36 Å². The molecule has 1 aromatic heterocycles. The van der Waals surface area contributed by atoms with E-state index in [2.05, 4.69) is 9.36 Å². The molecule has 0 amide bonds. The first-order valence-corrected chi connectivity index (χ1v) is 4.66. The van der Waals surface area contributed by atoms with Gasteiger partial charge < -0.3 is 0 Å². The minimum Gasteiger partial charge on any atom is -0.206 e. The summed E-state index contributed by atoms with van der Waals surface area (Å²) in [5.41, 5.74) is 0.437. The van der Waals surface area contributed by atoms with E-state index in [0.717, 1.165) is 11.5 Å². The van der Waals surface area contributed by atoms with Crippen molar-refractivity contribution in [2.45, 2.75) is 0 Å². The molecule has 13 heavy (non-hydrogen) atoms. The van der Waals surface area contributed by atoms with Crippen molar-refractivity contribution in [2.24, 2.45) is 0 Å². The summed E-state index contributed by atoms with van der Waals surface area (Å²) in [5, 5.41) is 0.659. The lowest BCUT2D eigenvalue weighted by Gasteiger charge is -1.95. The fraction of sp³-hybridized carbons (Fsp3) is 0. The zero-order valence-corrected chi connectivity index (χ0v) is 7.94. The molecule has 0 bridgehead atoms. The van der Waals surface area contributed by atoms with Crippen molar-refractivity contribution in [3.05, 3.63) is 35.4 Å². The molecule has 0 atom stereocenters. The summed E-state index contributed by atoms with van der Waals surface area (Å²) in [7, 11) is 0. The molecule has 0 aliphatic carbocycles. The van der Waals surface area contributed by atoms with Crippen LogP contribution >= 0.6 is 23.1 Å². The Balaban J connectivity index is 2.52. The van der Waals surface area contributed by atoms with Gasteiger partial charge in [0.1, 0.15) is 10.8 Å². The molecule has 0 aliphatic rings. The summed E-state index contributed by atoms with van der Waals surface area (Å²) >= 11 is 6.61. The summed E-state index contributed by atoms with van der Waals surface area (Å²) < 4.78 is 16.9. The van der Waals surface area contributed by atoms with Gasteiger partial charge in [0.05, 0.1) is 0 Å². The Hall–Kier alpha value is -1.00. The first kappa shape index (κ1) is 8.59. The second kappa shape index (κ2) is 3.40. The van der Waals surface area contributed by atoms with Gasteiger partial charge in [-0.2, -0.15) is 4.37 Å². The van der Waals surface area contributed by atoms with Crippen LogP contribution in [0.15, 0.2) is 24.3 Å². The van der Waals surface area contributed by atoms with E-state index in [9.17, 15) is 4.39 Å². The smallest absolute Gasteiger partial charge is 0.206 e. The van der Waals surface area contributed by atoms with Crippen molar-refractivity contribution in [2.75, 3.05) is 0 Å². The fourth-order valence-electron chi connectivity index (χ4n) is 0.950. The number of nitrogens with zero attached hydrogens (tertiary/aromatic N) is 2.